The fraction of sp³-hybridized carbons (Fsp3) is 0.333. The second kappa shape index (κ2) is 12.2. The van der Waals surface area contributed by atoms with E-state index in [1.807, 2.05) is 37.3 Å². The number of ether oxygens (including phenoxy) is 2. The Kier molecular flexibility index (Phi) is 8.89. The first-order chi connectivity index (χ1) is 19.0. The highest BCUT2D eigenvalue weighted by atomic mass is 35.5. The third-order valence-corrected chi connectivity index (χ3v) is 7.88. The van der Waals surface area contributed by atoms with Crippen molar-refractivity contribution in [1.82, 2.24) is 9.88 Å². The van der Waals surface area contributed by atoms with Gasteiger partial charge in [-0.25, -0.2) is 4.79 Å². The third kappa shape index (κ3) is 6.18. The summed E-state index contributed by atoms with van der Waals surface area (Å²) in [5.41, 5.74) is 7.13. The van der Waals surface area contributed by atoms with E-state index in [1.54, 1.807) is 19.1 Å². The molecule has 0 radical (unpaired) electrons. The molecule has 0 bridgehead atoms. The van der Waals surface area contributed by atoms with Gasteiger partial charge < -0.3 is 19.4 Å². The predicted octanol–water partition coefficient (Wildman–Crippen LogP) is 7.51. The molecular weight excluding hydrogens is 524 g/mol. The fourth-order valence-electron chi connectivity index (χ4n) is 4.86. The zero-order valence-electron chi connectivity index (χ0n) is 24.2. The van der Waals surface area contributed by atoms with E-state index in [9.17, 15) is 9.59 Å². The Balaban J connectivity index is 1.55. The van der Waals surface area contributed by atoms with Crippen LogP contribution in [0.3, 0.4) is 0 Å². The van der Waals surface area contributed by atoms with Gasteiger partial charge in [-0.1, -0.05) is 55.8 Å². The summed E-state index contributed by atoms with van der Waals surface area (Å²) < 4.78 is 12.6. The van der Waals surface area contributed by atoms with Gasteiger partial charge in [-0.2, -0.15) is 0 Å². The Bertz CT molecular complexity index is 1560. The molecule has 0 aliphatic carbocycles. The molecule has 4 aromatic rings. The van der Waals surface area contributed by atoms with Gasteiger partial charge in [0, 0.05) is 33.7 Å². The zero-order chi connectivity index (χ0) is 29.1. The van der Waals surface area contributed by atoms with E-state index in [0.717, 1.165) is 33.3 Å². The topological polar surface area (TPSA) is 69.6 Å². The minimum atomic E-state index is -0.732. The molecule has 2 atom stereocenters. The second-order valence-corrected chi connectivity index (χ2v) is 11.0. The standard InChI is InChI=1S/C33H37ClN2O4/c1-19(2)24-9-8-10-25(15-24)21(4)35-32(37)26-12-14-31-29(16-26)20(3)22(5)36(31)18-27-11-13-28(17-30(27)34)40-23(6)33(38)39-7/h8-17,19,21,23H,18H2,1-7H3,(H,35,37)/t21-,23+/m0/s1. The first-order valence-corrected chi connectivity index (χ1v) is 13.9. The van der Waals surface area contributed by atoms with Gasteiger partial charge in [0.25, 0.3) is 5.91 Å². The molecule has 6 nitrogen and oxygen atoms in total. The molecule has 1 N–H and O–H groups in total. The van der Waals surface area contributed by atoms with Crippen molar-refractivity contribution in [2.75, 3.05) is 7.11 Å². The number of rotatable bonds is 9. The lowest BCUT2D eigenvalue weighted by molar-refractivity contribution is -0.147. The van der Waals surface area contributed by atoms with Crippen molar-refractivity contribution < 1.29 is 19.1 Å². The predicted molar refractivity (Wildman–Crippen MR) is 160 cm³/mol. The van der Waals surface area contributed by atoms with Crippen LogP contribution in [-0.2, 0) is 16.1 Å². The molecule has 0 saturated heterocycles. The van der Waals surface area contributed by atoms with Crippen LogP contribution in [0.25, 0.3) is 10.9 Å². The highest BCUT2D eigenvalue weighted by Gasteiger charge is 2.18. The molecule has 1 heterocycles. The van der Waals surface area contributed by atoms with Gasteiger partial charge in [0.15, 0.2) is 6.10 Å². The Morgan fingerprint density at radius 1 is 0.950 bits per heavy atom. The maximum absolute atomic E-state index is 13.2. The summed E-state index contributed by atoms with van der Waals surface area (Å²) in [5.74, 6) is 0.372. The summed E-state index contributed by atoms with van der Waals surface area (Å²) in [6.07, 6.45) is -0.732. The molecule has 0 spiro atoms. The Hall–Kier alpha value is -3.77. The molecule has 1 aromatic heterocycles. The number of aromatic nitrogens is 1. The van der Waals surface area contributed by atoms with E-state index in [0.29, 0.717) is 28.8 Å². The number of benzene rings is 3. The van der Waals surface area contributed by atoms with Crippen LogP contribution in [0.1, 0.15) is 78.0 Å². The summed E-state index contributed by atoms with van der Waals surface area (Å²) in [6, 6.07) is 19.5. The van der Waals surface area contributed by atoms with Crippen LogP contribution in [0.5, 0.6) is 5.75 Å². The van der Waals surface area contributed by atoms with Crippen molar-refractivity contribution in [3.8, 4) is 5.75 Å². The van der Waals surface area contributed by atoms with Crippen molar-refractivity contribution in [2.24, 2.45) is 0 Å². The van der Waals surface area contributed by atoms with Crippen LogP contribution >= 0.6 is 11.6 Å². The molecule has 7 heteroatoms. The summed E-state index contributed by atoms with van der Waals surface area (Å²) in [4.78, 5) is 24.9. The molecule has 210 valence electrons. The van der Waals surface area contributed by atoms with E-state index in [1.165, 1.54) is 12.7 Å². The van der Waals surface area contributed by atoms with Crippen LogP contribution in [0.15, 0.2) is 60.7 Å². The Morgan fingerprint density at radius 2 is 1.68 bits per heavy atom. The number of amides is 1. The van der Waals surface area contributed by atoms with Crippen LogP contribution in [0.2, 0.25) is 5.02 Å². The van der Waals surface area contributed by atoms with Crippen molar-refractivity contribution in [3.63, 3.8) is 0 Å². The van der Waals surface area contributed by atoms with E-state index in [-0.39, 0.29) is 11.9 Å². The average molecular weight is 561 g/mol. The van der Waals surface area contributed by atoms with E-state index >= 15 is 0 Å². The molecule has 3 aromatic carbocycles. The highest BCUT2D eigenvalue weighted by Crippen LogP contribution is 2.30. The van der Waals surface area contributed by atoms with E-state index in [4.69, 9.17) is 21.1 Å². The highest BCUT2D eigenvalue weighted by molar-refractivity contribution is 6.31. The first-order valence-electron chi connectivity index (χ1n) is 13.5. The second-order valence-electron chi connectivity index (χ2n) is 10.6. The van der Waals surface area contributed by atoms with Gasteiger partial charge in [0.1, 0.15) is 5.75 Å². The Morgan fingerprint density at radius 3 is 2.35 bits per heavy atom. The van der Waals surface area contributed by atoms with Crippen LogP contribution in [0.4, 0.5) is 0 Å². The summed E-state index contributed by atoms with van der Waals surface area (Å²) in [5, 5.41) is 4.73. The van der Waals surface area contributed by atoms with Crippen molar-refractivity contribution in [2.45, 2.75) is 66.2 Å². The number of hydrogen-bond donors (Lipinski definition) is 1. The number of nitrogens with one attached hydrogen (secondary N) is 1. The van der Waals surface area contributed by atoms with Gasteiger partial charge >= 0.3 is 5.97 Å². The quantitative estimate of drug-likeness (QED) is 0.215. The summed E-state index contributed by atoms with van der Waals surface area (Å²) in [7, 11) is 1.33. The van der Waals surface area contributed by atoms with Gasteiger partial charge in [0.2, 0.25) is 0 Å². The molecule has 40 heavy (non-hydrogen) atoms. The van der Waals surface area contributed by atoms with Crippen LogP contribution in [-0.4, -0.2) is 29.7 Å². The minimum absolute atomic E-state index is 0.103. The smallest absolute Gasteiger partial charge is 0.346 e. The molecule has 4 rings (SSSR count). The van der Waals surface area contributed by atoms with Gasteiger partial charge in [-0.05, 0) is 86.2 Å². The lowest BCUT2D eigenvalue weighted by Gasteiger charge is -2.17. The zero-order valence-corrected chi connectivity index (χ0v) is 24.9. The fourth-order valence-corrected chi connectivity index (χ4v) is 5.09. The summed E-state index contributed by atoms with van der Waals surface area (Å²) in [6.45, 7) is 12.7. The molecule has 1 amide bonds. The Labute approximate surface area is 241 Å². The number of methoxy groups -OCH3 is 1. The van der Waals surface area contributed by atoms with Gasteiger partial charge in [-0.3, -0.25) is 4.79 Å². The maximum Gasteiger partial charge on any atom is 0.346 e. The average Bonchev–Trinajstić information content (AvgIpc) is 3.17. The SMILES string of the molecule is COC(=O)[C@@H](C)Oc1ccc(Cn2c(C)c(C)c3cc(C(=O)N[C@@H](C)c4cccc(C(C)C)c4)ccc32)c(Cl)c1. The van der Waals surface area contributed by atoms with Crippen molar-refractivity contribution in [1.29, 1.82) is 0 Å². The van der Waals surface area contributed by atoms with Gasteiger partial charge in [-0.15, -0.1) is 0 Å². The van der Waals surface area contributed by atoms with Crippen LogP contribution < -0.4 is 10.1 Å². The molecule has 0 saturated carbocycles. The normalized spacial score (nSPS) is 12.8. The number of hydrogen-bond acceptors (Lipinski definition) is 4. The van der Waals surface area contributed by atoms with Crippen molar-refractivity contribution in [3.05, 3.63) is 99.2 Å². The lowest BCUT2D eigenvalue weighted by atomic mass is 9.98. The molecule has 0 fully saturated rings. The molecule has 0 aliphatic heterocycles. The number of aryl methyl sites for hydroxylation is 1. The van der Waals surface area contributed by atoms with Crippen molar-refractivity contribution >= 4 is 34.4 Å². The minimum Gasteiger partial charge on any atom is -0.479 e. The molecule has 0 unspecified atom stereocenters. The number of fused-ring (bicyclic) bond motifs is 1. The number of esters is 1. The van der Waals surface area contributed by atoms with Crippen LogP contribution in [0, 0.1) is 13.8 Å². The number of halogens is 1. The van der Waals surface area contributed by atoms with E-state index in [2.05, 4.69) is 55.8 Å². The largest absolute Gasteiger partial charge is 0.479 e. The number of carbonyl (C=O) groups is 2. The lowest BCUT2D eigenvalue weighted by Crippen LogP contribution is -2.26. The monoisotopic (exact) mass is 560 g/mol. The summed E-state index contributed by atoms with van der Waals surface area (Å²) >= 11 is 6.62. The number of carbonyl (C=O) groups excluding carboxylic acids is 2. The number of nitrogens with zero attached hydrogens (tertiary/aromatic N) is 1. The molecule has 0 aliphatic rings. The van der Waals surface area contributed by atoms with Gasteiger partial charge in [0.05, 0.1) is 13.2 Å². The molecular formula is C33H37ClN2O4. The first kappa shape index (κ1) is 29.2. The van der Waals surface area contributed by atoms with E-state index < -0.39 is 12.1 Å². The third-order valence-electron chi connectivity index (χ3n) is 7.53. The maximum atomic E-state index is 13.2.